The number of fused-ring (bicyclic) bond motifs is 1. The molecule has 0 bridgehead atoms. The van der Waals surface area contributed by atoms with E-state index in [9.17, 15) is 18.0 Å². The van der Waals surface area contributed by atoms with Crippen LogP contribution in [0.4, 0.5) is 24.5 Å². The first-order chi connectivity index (χ1) is 12.3. The molecule has 0 unspecified atom stereocenters. The van der Waals surface area contributed by atoms with Gasteiger partial charge >= 0.3 is 6.18 Å². The lowest BCUT2D eigenvalue weighted by Gasteiger charge is -2.13. The first-order valence-electron chi connectivity index (χ1n) is 7.73. The highest BCUT2D eigenvalue weighted by molar-refractivity contribution is 6.33. The molecule has 0 saturated heterocycles. The molecule has 0 radical (unpaired) electrons. The van der Waals surface area contributed by atoms with Crippen LogP contribution in [-0.4, -0.2) is 12.5 Å². The Morgan fingerprint density at radius 2 is 1.69 bits per heavy atom. The molecule has 0 aromatic heterocycles. The Morgan fingerprint density at radius 3 is 2.46 bits per heavy atom. The van der Waals surface area contributed by atoms with Crippen molar-refractivity contribution in [3.05, 3.63) is 71.2 Å². The molecule has 0 aliphatic rings. The number of rotatable bonds is 4. The number of hydrogen-bond donors (Lipinski definition) is 2. The predicted molar refractivity (Wildman–Crippen MR) is 97.5 cm³/mol. The number of carbonyl (C=O) groups excluding carboxylic acids is 1. The van der Waals surface area contributed by atoms with E-state index in [1.807, 2.05) is 42.5 Å². The van der Waals surface area contributed by atoms with E-state index in [1.54, 1.807) is 0 Å². The van der Waals surface area contributed by atoms with E-state index in [0.717, 1.165) is 34.7 Å². The zero-order valence-corrected chi connectivity index (χ0v) is 14.2. The van der Waals surface area contributed by atoms with Gasteiger partial charge in [-0.2, -0.15) is 13.2 Å². The molecule has 0 spiro atoms. The maximum Gasteiger partial charge on any atom is 0.416 e. The molecule has 0 saturated carbocycles. The SMILES string of the molecule is O=C(CNc1cccc2ccccc12)Nc1cc(C(F)(F)F)ccc1Cl. The van der Waals surface area contributed by atoms with Gasteiger partial charge in [0.25, 0.3) is 0 Å². The summed E-state index contributed by atoms with van der Waals surface area (Å²) in [5.41, 5.74) is -0.196. The zero-order valence-electron chi connectivity index (χ0n) is 13.4. The molecule has 0 fully saturated rings. The summed E-state index contributed by atoms with van der Waals surface area (Å²) >= 11 is 5.88. The number of nitrogens with one attached hydrogen (secondary N) is 2. The highest BCUT2D eigenvalue weighted by atomic mass is 35.5. The summed E-state index contributed by atoms with van der Waals surface area (Å²) in [5.74, 6) is -0.501. The van der Waals surface area contributed by atoms with Gasteiger partial charge in [0.15, 0.2) is 0 Å². The predicted octanol–water partition coefficient (Wildman–Crippen LogP) is 5.56. The molecule has 3 aromatic carbocycles. The van der Waals surface area contributed by atoms with E-state index in [0.29, 0.717) is 0 Å². The minimum absolute atomic E-state index is 0.0384. The Balaban J connectivity index is 1.71. The molecule has 3 aromatic rings. The van der Waals surface area contributed by atoms with Crippen molar-refractivity contribution in [1.82, 2.24) is 0 Å². The highest BCUT2D eigenvalue weighted by Gasteiger charge is 2.31. The Kier molecular flexibility index (Phi) is 5.04. The summed E-state index contributed by atoms with van der Waals surface area (Å²) in [7, 11) is 0. The average molecular weight is 379 g/mol. The van der Waals surface area contributed by atoms with Crippen molar-refractivity contribution in [3.8, 4) is 0 Å². The Hall–Kier alpha value is -2.73. The molecular formula is C19H14ClF3N2O. The van der Waals surface area contributed by atoms with Crippen molar-refractivity contribution < 1.29 is 18.0 Å². The molecule has 3 nitrogen and oxygen atoms in total. The van der Waals surface area contributed by atoms with Gasteiger partial charge < -0.3 is 10.6 Å². The van der Waals surface area contributed by atoms with Crippen molar-refractivity contribution >= 4 is 39.7 Å². The van der Waals surface area contributed by atoms with E-state index < -0.39 is 17.6 Å². The van der Waals surface area contributed by atoms with Crippen molar-refractivity contribution in [2.75, 3.05) is 17.2 Å². The van der Waals surface area contributed by atoms with Crippen LogP contribution in [0.2, 0.25) is 5.02 Å². The van der Waals surface area contributed by atoms with E-state index in [4.69, 9.17) is 11.6 Å². The molecule has 134 valence electrons. The van der Waals surface area contributed by atoms with Crippen LogP contribution in [-0.2, 0) is 11.0 Å². The summed E-state index contributed by atoms with van der Waals surface area (Å²) in [6.07, 6.45) is -4.51. The quantitative estimate of drug-likeness (QED) is 0.623. The molecule has 0 aliphatic carbocycles. The number of carbonyl (C=O) groups is 1. The molecule has 0 atom stereocenters. The van der Waals surface area contributed by atoms with Crippen LogP contribution in [0, 0.1) is 0 Å². The van der Waals surface area contributed by atoms with Gasteiger partial charge in [0.1, 0.15) is 0 Å². The Labute approximate surface area is 152 Å². The fourth-order valence-corrected chi connectivity index (χ4v) is 2.71. The van der Waals surface area contributed by atoms with Gasteiger partial charge in [-0.25, -0.2) is 0 Å². The van der Waals surface area contributed by atoms with Crippen LogP contribution in [0.1, 0.15) is 5.56 Å². The van der Waals surface area contributed by atoms with Crippen molar-refractivity contribution in [2.24, 2.45) is 0 Å². The molecule has 0 aliphatic heterocycles. The van der Waals surface area contributed by atoms with Gasteiger partial charge in [0.2, 0.25) is 5.91 Å². The van der Waals surface area contributed by atoms with E-state index >= 15 is 0 Å². The lowest BCUT2D eigenvalue weighted by atomic mass is 10.1. The van der Waals surface area contributed by atoms with Crippen LogP contribution in [0.3, 0.4) is 0 Å². The summed E-state index contributed by atoms with van der Waals surface area (Å²) < 4.78 is 38.4. The molecule has 0 heterocycles. The highest BCUT2D eigenvalue weighted by Crippen LogP contribution is 2.33. The number of halogens is 4. The molecule has 3 rings (SSSR count). The fourth-order valence-electron chi connectivity index (χ4n) is 2.55. The first kappa shape index (κ1) is 18.1. The van der Waals surface area contributed by atoms with Gasteiger partial charge in [0.05, 0.1) is 22.8 Å². The van der Waals surface area contributed by atoms with Gasteiger partial charge in [-0.15, -0.1) is 0 Å². The first-order valence-corrected chi connectivity index (χ1v) is 8.10. The summed E-state index contributed by atoms with van der Waals surface area (Å²) in [6.45, 7) is -0.111. The second kappa shape index (κ2) is 7.25. The van der Waals surface area contributed by atoms with Crippen LogP contribution in [0.5, 0.6) is 0 Å². The van der Waals surface area contributed by atoms with Crippen molar-refractivity contribution in [1.29, 1.82) is 0 Å². The fraction of sp³-hybridized carbons (Fsp3) is 0.105. The van der Waals surface area contributed by atoms with Gasteiger partial charge in [0, 0.05) is 11.1 Å². The minimum atomic E-state index is -4.51. The topological polar surface area (TPSA) is 41.1 Å². The second-order valence-electron chi connectivity index (χ2n) is 5.62. The normalized spacial score (nSPS) is 11.4. The smallest absolute Gasteiger partial charge is 0.376 e. The third-order valence-corrected chi connectivity index (χ3v) is 4.13. The number of benzene rings is 3. The van der Waals surface area contributed by atoms with E-state index in [2.05, 4.69) is 10.6 Å². The molecule has 26 heavy (non-hydrogen) atoms. The Bertz CT molecular complexity index is 952. The van der Waals surface area contributed by atoms with E-state index in [-0.39, 0.29) is 17.3 Å². The van der Waals surface area contributed by atoms with Gasteiger partial charge in [-0.05, 0) is 29.7 Å². The number of alkyl halides is 3. The number of amides is 1. The molecule has 2 N–H and O–H groups in total. The number of anilines is 2. The number of hydrogen-bond acceptors (Lipinski definition) is 2. The van der Waals surface area contributed by atoms with Gasteiger partial charge in [-0.3, -0.25) is 4.79 Å². The molecular weight excluding hydrogens is 365 g/mol. The standard InChI is InChI=1S/C19H14ClF3N2O/c20-15-9-8-13(19(21,22)23)10-17(15)25-18(26)11-24-16-7-3-5-12-4-1-2-6-14(12)16/h1-10,24H,11H2,(H,25,26). The van der Waals surface area contributed by atoms with E-state index in [1.165, 1.54) is 0 Å². The van der Waals surface area contributed by atoms with Gasteiger partial charge in [-0.1, -0.05) is 48.0 Å². The monoisotopic (exact) mass is 378 g/mol. The van der Waals surface area contributed by atoms with Crippen LogP contribution in [0.25, 0.3) is 10.8 Å². The zero-order chi connectivity index (χ0) is 18.7. The minimum Gasteiger partial charge on any atom is -0.376 e. The largest absolute Gasteiger partial charge is 0.416 e. The maximum atomic E-state index is 12.8. The summed E-state index contributed by atoms with van der Waals surface area (Å²) in [5, 5.41) is 7.40. The van der Waals surface area contributed by atoms with Crippen LogP contribution in [0.15, 0.2) is 60.7 Å². The average Bonchev–Trinajstić information content (AvgIpc) is 2.61. The second-order valence-corrected chi connectivity index (χ2v) is 6.03. The van der Waals surface area contributed by atoms with Crippen molar-refractivity contribution in [2.45, 2.75) is 6.18 Å². The molecule has 1 amide bonds. The Morgan fingerprint density at radius 1 is 0.962 bits per heavy atom. The third kappa shape index (κ3) is 4.08. The summed E-state index contributed by atoms with van der Waals surface area (Å²) in [4.78, 5) is 12.1. The van der Waals surface area contributed by atoms with Crippen LogP contribution < -0.4 is 10.6 Å². The summed E-state index contributed by atoms with van der Waals surface area (Å²) in [6, 6.07) is 16.1. The molecule has 7 heteroatoms. The lowest BCUT2D eigenvalue weighted by Crippen LogP contribution is -2.22. The third-order valence-electron chi connectivity index (χ3n) is 3.80. The lowest BCUT2D eigenvalue weighted by molar-refractivity contribution is -0.137. The van der Waals surface area contributed by atoms with Crippen LogP contribution >= 0.6 is 11.6 Å². The maximum absolute atomic E-state index is 12.8. The van der Waals surface area contributed by atoms with Crippen molar-refractivity contribution in [3.63, 3.8) is 0 Å².